The van der Waals surface area contributed by atoms with Crippen molar-refractivity contribution in [3.63, 3.8) is 0 Å². The van der Waals surface area contributed by atoms with Crippen LogP contribution in [0.3, 0.4) is 0 Å². The first-order valence-corrected chi connectivity index (χ1v) is 12.3. The average molecular weight is 515 g/mol. The third kappa shape index (κ3) is 7.31. The Kier molecular flexibility index (Phi) is 9.33. The van der Waals surface area contributed by atoms with Crippen LogP contribution < -0.4 is 10.6 Å². The molecule has 1 fully saturated rings. The fourth-order valence-electron chi connectivity index (χ4n) is 3.83. The van der Waals surface area contributed by atoms with Crippen molar-refractivity contribution < 1.29 is 32.6 Å². The van der Waals surface area contributed by atoms with E-state index in [1.165, 1.54) is 12.1 Å². The van der Waals surface area contributed by atoms with Gasteiger partial charge in [-0.1, -0.05) is 23.5 Å². The number of urea groups is 1. The Morgan fingerprint density at radius 2 is 1.97 bits per heavy atom. The van der Waals surface area contributed by atoms with Gasteiger partial charge in [0.05, 0.1) is 17.9 Å². The van der Waals surface area contributed by atoms with Crippen LogP contribution in [0.15, 0.2) is 24.3 Å². The number of carbonyl (C=O) groups is 2. The van der Waals surface area contributed by atoms with Crippen molar-refractivity contribution in [1.82, 2.24) is 9.88 Å². The fraction of sp³-hybridized carbons (Fsp3) is 0.522. The highest BCUT2D eigenvalue weighted by Crippen LogP contribution is 2.35. The number of halogens is 3. The maximum Gasteiger partial charge on any atom is 0.418 e. The normalized spacial score (nSPS) is 14.6. The molecule has 3 rings (SSSR count). The standard InChI is InChI=1S/C23H29F3N4O4S/c1-2-34-20(32)19-18(8-5-13-31)28-21(35-19)29-22(33)30-11-9-15(10-12-30)14-27-17-7-4-3-6-16(17)23(24,25)26/h3-4,6-7,15,27,31H,2,5,8-14H2,1H3,(H,28,29,33). The van der Waals surface area contributed by atoms with Gasteiger partial charge in [0.2, 0.25) is 0 Å². The lowest BCUT2D eigenvalue weighted by Crippen LogP contribution is -2.42. The number of aryl methyl sites for hydroxylation is 1. The Morgan fingerprint density at radius 1 is 1.26 bits per heavy atom. The zero-order chi connectivity index (χ0) is 25.4. The molecule has 0 atom stereocenters. The molecule has 3 N–H and O–H groups in total. The number of carbonyl (C=O) groups excluding carboxylic acids is 2. The highest BCUT2D eigenvalue weighted by atomic mass is 32.1. The van der Waals surface area contributed by atoms with E-state index in [1.54, 1.807) is 17.9 Å². The van der Waals surface area contributed by atoms with E-state index in [0.29, 0.717) is 55.9 Å². The van der Waals surface area contributed by atoms with Gasteiger partial charge in [-0.25, -0.2) is 14.6 Å². The van der Waals surface area contributed by atoms with Crippen LogP contribution in [0.25, 0.3) is 0 Å². The largest absolute Gasteiger partial charge is 0.462 e. The zero-order valence-electron chi connectivity index (χ0n) is 19.4. The summed E-state index contributed by atoms with van der Waals surface area (Å²) in [5, 5.41) is 15.0. The second kappa shape index (κ2) is 12.2. The van der Waals surface area contributed by atoms with Gasteiger partial charge in [-0.05, 0) is 50.7 Å². The first-order chi connectivity index (χ1) is 16.7. The van der Waals surface area contributed by atoms with E-state index in [0.717, 1.165) is 17.4 Å². The van der Waals surface area contributed by atoms with Crippen molar-refractivity contribution in [2.45, 2.75) is 38.8 Å². The molecule has 0 saturated carbocycles. The molecular formula is C23H29F3N4O4S. The van der Waals surface area contributed by atoms with Gasteiger partial charge in [0, 0.05) is 31.9 Å². The zero-order valence-corrected chi connectivity index (χ0v) is 20.2. The van der Waals surface area contributed by atoms with E-state index in [9.17, 15) is 22.8 Å². The quantitative estimate of drug-likeness (QED) is 0.422. The molecular weight excluding hydrogens is 485 g/mol. The first-order valence-electron chi connectivity index (χ1n) is 11.5. The van der Waals surface area contributed by atoms with Gasteiger partial charge in [-0.2, -0.15) is 13.2 Å². The van der Waals surface area contributed by atoms with Crippen LogP contribution in [0.2, 0.25) is 0 Å². The number of amides is 2. The number of para-hydroxylation sites is 1. The molecule has 1 saturated heterocycles. The van der Waals surface area contributed by atoms with Gasteiger partial charge < -0.3 is 20.1 Å². The Labute approximate surface area is 205 Å². The number of aliphatic hydroxyl groups is 1. The van der Waals surface area contributed by atoms with E-state index >= 15 is 0 Å². The first kappa shape index (κ1) is 26.7. The molecule has 1 aromatic carbocycles. The summed E-state index contributed by atoms with van der Waals surface area (Å²) < 4.78 is 44.6. The predicted molar refractivity (Wildman–Crippen MR) is 127 cm³/mol. The molecule has 8 nitrogen and oxygen atoms in total. The van der Waals surface area contributed by atoms with Crippen molar-refractivity contribution in [3.05, 3.63) is 40.4 Å². The molecule has 2 heterocycles. The minimum atomic E-state index is -4.42. The summed E-state index contributed by atoms with van der Waals surface area (Å²) in [5.41, 5.74) is -0.166. The van der Waals surface area contributed by atoms with Crippen LogP contribution in [0.1, 0.15) is 47.1 Å². The molecule has 2 amide bonds. The lowest BCUT2D eigenvalue weighted by atomic mass is 9.96. The highest BCUT2D eigenvalue weighted by molar-refractivity contribution is 7.17. The molecule has 12 heteroatoms. The molecule has 0 bridgehead atoms. The molecule has 2 aromatic rings. The van der Waals surface area contributed by atoms with Crippen LogP contribution in [0, 0.1) is 5.92 Å². The second-order valence-corrected chi connectivity index (χ2v) is 9.13. The molecule has 1 aromatic heterocycles. The average Bonchev–Trinajstić information content (AvgIpc) is 3.24. The summed E-state index contributed by atoms with van der Waals surface area (Å²) in [5.74, 6) is -0.389. The number of esters is 1. The van der Waals surface area contributed by atoms with E-state index in [1.807, 2.05) is 0 Å². The number of anilines is 2. The van der Waals surface area contributed by atoms with Gasteiger partial charge in [0.15, 0.2) is 5.13 Å². The number of hydrogen-bond acceptors (Lipinski definition) is 7. The molecule has 1 aliphatic rings. The van der Waals surface area contributed by atoms with Gasteiger partial charge in [-0.15, -0.1) is 0 Å². The third-order valence-corrected chi connectivity index (χ3v) is 6.65. The number of alkyl halides is 3. The van der Waals surface area contributed by atoms with Crippen LogP contribution in [0.4, 0.5) is 28.8 Å². The minimum absolute atomic E-state index is 0.0485. The van der Waals surface area contributed by atoms with E-state index in [4.69, 9.17) is 9.84 Å². The topological polar surface area (TPSA) is 104 Å². The monoisotopic (exact) mass is 514 g/mol. The smallest absolute Gasteiger partial charge is 0.418 e. The van der Waals surface area contributed by atoms with Gasteiger partial charge in [0.25, 0.3) is 0 Å². The summed E-state index contributed by atoms with van der Waals surface area (Å²) in [6.45, 7) is 3.14. The molecule has 1 aliphatic heterocycles. The fourth-order valence-corrected chi connectivity index (χ4v) is 4.72. The molecule has 192 valence electrons. The Bertz CT molecular complexity index is 1010. The summed E-state index contributed by atoms with van der Waals surface area (Å²) in [4.78, 5) is 31.2. The van der Waals surface area contributed by atoms with Gasteiger partial charge in [0.1, 0.15) is 4.88 Å². The number of nitrogens with zero attached hydrogens (tertiary/aromatic N) is 2. The highest BCUT2D eigenvalue weighted by Gasteiger charge is 2.33. The maximum atomic E-state index is 13.2. The summed E-state index contributed by atoms with van der Waals surface area (Å²) in [7, 11) is 0. The summed E-state index contributed by atoms with van der Waals surface area (Å²) >= 11 is 1.03. The summed E-state index contributed by atoms with van der Waals surface area (Å²) in [6.07, 6.45) is -2.33. The van der Waals surface area contributed by atoms with Crippen LogP contribution in [-0.2, 0) is 17.3 Å². The SMILES string of the molecule is CCOC(=O)c1sc(NC(=O)N2CCC(CNc3ccccc3C(F)(F)F)CC2)nc1CCCO. The summed E-state index contributed by atoms with van der Waals surface area (Å²) in [6, 6.07) is 5.04. The van der Waals surface area contributed by atoms with E-state index in [-0.39, 0.29) is 36.0 Å². The number of thiazole rings is 1. The number of hydrogen-bond donors (Lipinski definition) is 3. The van der Waals surface area contributed by atoms with Crippen molar-refractivity contribution in [2.75, 3.05) is 43.5 Å². The van der Waals surface area contributed by atoms with Crippen molar-refractivity contribution in [2.24, 2.45) is 5.92 Å². The third-order valence-electron chi connectivity index (χ3n) is 5.66. The Hall–Kier alpha value is -2.86. The van der Waals surface area contributed by atoms with Crippen molar-refractivity contribution in [1.29, 1.82) is 0 Å². The minimum Gasteiger partial charge on any atom is -0.462 e. The van der Waals surface area contributed by atoms with E-state index < -0.39 is 17.7 Å². The number of aliphatic hydroxyl groups excluding tert-OH is 1. The Balaban J connectivity index is 1.53. The number of benzene rings is 1. The lowest BCUT2D eigenvalue weighted by Gasteiger charge is -2.32. The van der Waals surface area contributed by atoms with Crippen LogP contribution in [0.5, 0.6) is 0 Å². The van der Waals surface area contributed by atoms with Crippen molar-refractivity contribution in [3.8, 4) is 0 Å². The molecule has 35 heavy (non-hydrogen) atoms. The number of aromatic nitrogens is 1. The van der Waals surface area contributed by atoms with E-state index in [2.05, 4.69) is 15.6 Å². The van der Waals surface area contributed by atoms with Crippen LogP contribution in [-0.4, -0.2) is 59.8 Å². The number of ether oxygens (including phenoxy) is 1. The predicted octanol–water partition coefficient (Wildman–Crippen LogP) is 4.62. The number of rotatable bonds is 9. The van der Waals surface area contributed by atoms with Gasteiger partial charge >= 0.3 is 18.2 Å². The second-order valence-electron chi connectivity index (χ2n) is 8.13. The number of piperidine rings is 1. The molecule has 0 radical (unpaired) electrons. The van der Waals surface area contributed by atoms with Crippen LogP contribution >= 0.6 is 11.3 Å². The lowest BCUT2D eigenvalue weighted by molar-refractivity contribution is -0.137. The molecule has 0 unspecified atom stereocenters. The van der Waals surface area contributed by atoms with Gasteiger partial charge in [-0.3, -0.25) is 5.32 Å². The molecule has 0 aliphatic carbocycles. The Morgan fingerprint density at radius 3 is 2.63 bits per heavy atom. The molecule has 0 spiro atoms. The van der Waals surface area contributed by atoms with Crippen molar-refractivity contribution >= 4 is 34.2 Å². The number of likely N-dealkylation sites (tertiary alicyclic amines) is 1. The number of nitrogens with one attached hydrogen (secondary N) is 2. The maximum absolute atomic E-state index is 13.2.